The smallest absolute Gasteiger partial charge is 0.396 e. The second-order valence-corrected chi connectivity index (χ2v) is 4.98. The zero-order valence-corrected chi connectivity index (χ0v) is 12.0. The minimum Gasteiger partial charge on any atom is -0.396 e. The van der Waals surface area contributed by atoms with Crippen molar-refractivity contribution in [2.45, 2.75) is 20.0 Å². The molecule has 0 atom stereocenters. The van der Waals surface area contributed by atoms with Gasteiger partial charge in [-0.25, -0.2) is 4.98 Å². The lowest BCUT2D eigenvalue weighted by molar-refractivity contribution is -0.141. The SMILES string of the molecule is Cc1ccc(N(C)c2cc(C(F)(F)F)ncc2N)c(C)c1. The first-order chi connectivity index (χ1) is 9.70. The number of alkyl halides is 3. The van der Waals surface area contributed by atoms with E-state index in [4.69, 9.17) is 5.73 Å². The van der Waals surface area contributed by atoms with E-state index in [2.05, 4.69) is 4.98 Å². The number of aryl methyl sites for hydroxylation is 2. The van der Waals surface area contributed by atoms with Gasteiger partial charge < -0.3 is 10.6 Å². The molecule has 0 fully saturated rings. The molecular weight excluding hydrogens is 279 g/mol. The number of halogens is 3. The largest absolute Gasteiger partial charge is 0.433 e. The van der Waals surface area contributed by atoms with Crippen LogP contribution in [0, 0.1) is 13.8 Å². The highest BCUT2D eigenvalue weighted by atomic mass is 19.4. The van der Waals surface area contributed by atoms with E-state index in [1.165, 1.54) is 0 Å². The van der Waals surface area contributed by atoms with Crippen LogP contribution in [-0.2, 0) is 6.18 Å². The van der Waals surface area contributed by atoms with Crippen LogP contribution in [0.25, 0.3) is 0 Å². The third kappa shape index (κ3) is 3.09. The Bertz CT molecular complexity index is 666. The number of nitrogen functional groups attached to an aromatic ring is 1. The summed E-state index contributed by atoms with van der Waals surface area (Å²) in [7, 11) is 1.68. The molecule has 1 aromatic carbocycles. The van der Waals surface area contributed by atoms with Crippen molar-refractivity contribution in [3.63, 3.8) is 0 Å². The number of benzene rings is 1. The molecular formula is C15H16F3N3. The summed E-state index contributed by atoms with van der Waals surface area (Å²) in [5.74, 6) is 0. The third-order valence-electron chi connectivity index (χ3n) is 3.28. The van der Waals surface area contributed by atoms with Crippen molar-refractivity contribution in [3.8, 4) is 0 Å². The number of hydrogen-bond donors (Lipinski definition) is 1. The van der Waals surface area contributed by atoms with Crippen LogP contribution in [0.15, 0.2) is 30.5 Å². The van der Waals surface area contributed by atoms with E-state index in [9.17, 15) is 13.2 Å². The van der Waals surface area contributed by atoms with Gasteiger partial charge in [0, 0.05) is 12.7 Å². The Hall–Kier alpha value is -2.24. The maximum Gasteiger partial charge on any atom is 0.433 e. The molecule has 112 valence electrons. The highest BCUT2D eigenvalue weighted by Gasteiger charge is 2.33. The fourth-order valence-electron chi connectivity index (χ4n) is 2.21. The van der Waals surface area contributed by atoms with Gasteiger partial charge in [0.1, 0.15) is 5.69 Å². The quantitative estimate of drug-likeness (QED) is 0.908. The van der Waals surface area contributed by atoms with Crippen molar-refractivity contribution >= 4 is 17.1 Å². The molecule has 0 amide bonds. The Morgan fingerprint density at radius 1 is 1.10 bits per heavy atom. The van der Waals surface area contributed by atoms with Crippen LogP contribution in [0.2, 0.25) is 0 Å². The van der Waals surface area contributed by atoms with E-state index in [0.29, 0.717) is 0 Å². The van der Waals surface area contributed by atoms with Gasteiger partial charge in [-0.3, -0.25) is 0 Å². The van der Waals surface area contributed by atoms with E-state index in [1.807, 2.05) is 32.0 Å². The van der Waals surface area contributed by atoms with E-state index in [1.54, 1.807) is 11.9 Å². The van der Waals surface area contributed by atoms with Crippen molar-refractivity contribution in [1.29, 1.82) is 0 Å². The van der Waals surface area contributed by atoms with Gasteiger partial charge in [0.05, 0.1) is 17.6 Å². The molecule has 0 bridgehead atoms. The lowest BCUT2D eigenvalue weighted by Gasteiger charge is -2.24. The van der Waals surface area contributed by atoms with Gasteiger partial charge in [0.2, 0.25) is 0 Å². The van der Waals surface area contributed by atoms with Crippen LogP contribution in [0.4, 0.5) is 30.2 Å². The fraction of sp³-hybridized carbons (Fsp3) is 0.267. The molecule has 0 unspecified atom stereocenters. The van der Waals surface area contributed by atoms with Crippen molar-refractivity contribution in [2.75, 3.05) is 17.7 Å². The van der Waals surface area contributed by atoms with Gasteiger partial charge in [-0.05, 0) is 31.5 Å². The van der Waals surface area contributed by atoms with Crippen LogP contribution in [0.5, 0.6) is 0 Å². The molecule has 3 nitrogen and oxygen atoms in total. The van der Waals surface area contributed by atoms with E-state index < -0.39 is 11.9 Å². The highest BCUT2D eigenvalue weighted by Crippen LogP contribution is 2.35. The Morgan fingerprint density at radius 3 is 2.33 bits per heavy atom. The summed E-state index contributed by atoms with van der Waals surface area (Å²) in [6.45, 7) is 3.86. The van der Waals surface area contributed by atoms with Crippen LogP contribution >= 0.6 is 0 Å². The van der Waals surface area contributed by atoms with Crippen molar-refractivity contribution in [3.05, 3.63) is 47.3 Å². The molecule has 2 aromatic rings. The topological polar surface area (TPSA) is 42.2 Å². The van der Waals surface area contributed by atoms with Crippen LogP contribution in [0.3, 0.4) is 0 Å². The average Bonchev–Trinajstić information content (AvgIpc) is 2.37. The standard InChI is InChI=1S/C15H16F3N3/c1-9-4-5-12(10(2)6-9)21(3)13-7-14(15(16,17)18)20-8-11(13)19/h4-8H,19H2,1-3H3. The Kier molecular flexibility index (Phi) is 3.80. The number of pyridine rings is 1. The first-order valence-corrected chi connectivity index (χ1v) is 6.34. The summed E-state index contributed by atoms with van der Waals surface area (Å²) in [6.07, 6.45) is -3.45. The number of nitrogens with zero attached hydrogens (tertiary/aromatic N) is 2. The molecule has 0 aliphatic rings. The maximum atomic E-state index is 12.8. The molecule has 1 aromatic heterocycles. The number of hydrogen-bond acceptors (Lipinski definition) is 3. The number of nitrogens with two attached hydrogens (primary N) is 1. The van der Waals surface area contributed by atoms with Gasteiger partial charge in [-0.15, -0.1) is 0 Å². The number of rotatable bonds is 2. The minimum absolute atomic E-state index is 0.200. The highest BCUT2D eigenvalue weighted by molar-refractivity contribution is 5.75. The minimum atomic E-state index is -4.49. The number of aromatic nitrogens is 1. The van der Waals surface area contributed by atoms with Gasteiger partial charge in [0.15, 0.2) is 0 Å². The van der Waals surface area contributed by atoms with Crippen molar-refractivity contribution < 1.29 is 13.2 Å². The lowest BCUT2D eigenvalue weighted by atomic mass is 10.1. The monoisotopic (exact) mass is 295 g/mol. The van der Waals surface area contributed by atoms with Crippen LogP contribution in [0.1, 0.15) is 16.8 Å². The summed E-state index contributed by atoms with van der Waals surface area (Å²) in [4.78, 5) is 4.99. The Balaban J connectivity index is 2.50. The van der Waals surface area contributed by atoms with Crippen molar-refractivity contribution in [2.24, 2.45) is 0 Å². The predicted octanol–water partition coefficient (Wildman–Crippen LogP) is 4.07. The average molecular weight is 295 g/mol. The van der Waals surface area contributed by atoms with E-state index in [0.717, 1.165) is 29.1 Å². The van der Waals surface area contributed by atoms with Gasteiger partial charge >= 0.3 is 6.18 Å². The summed E-state index contributed by atoms with van der Waals surface area (Å²) in [5.41, 5.74) is 8.15. The van der Waals surface area contributed by atoms with Gasteiger partial charge in [-0.1, -0.05) is 17.7 Å². The molecule has 2 N–H and O–H groups in total. The maximum absolute atomic E-state index is 12.8. The van der Waals surface area contributed by atoms with Gasteiger partial charge in [0.25, 0.3) is 0 Å². The summed E-state index contributed by atoms with van der Waals surface area (Å²) in [6, 6.07) is 6.70. The summed E-state index contributed by atoms with van der Waals surface area (Å²) < 4.78 is 38.3. The Morgan fingerprint density at radius 2 is 1.76 bits per heavy atom. The first kappa shape index (κ1) is 15.2. The van der Waals surface area contributed by atoms with Crippen LogP contribution < -0.4 is 10.6 Å². The lowest BCUT2D eigenvalue weighted by Crippen LogP contribution is -2.16. The van der Waals surface area contributed by atoms with E-state index in [-0.39, 0.29) is 11.4 Å². The molecule has 1 heterocycles. The molecule has 6 heteroatoms. The van der Waals surface area contributed by atoms with Gasteiger partial charge in [-0.2, -0.15) is 13.2 Å². The first-order valence-electron chi connectivity index (χ1n) is 6.34. The number of anilines is 3. The second kappa shape index (κ2) is 5.27. The molecule has 0 spiro atoms. The molecule has 0 aliphatic carbocycles. The van der Waals surface area contributed by atoms with Crippen LogP contribution in [-0.4, -0.2) is 12.0 Å². The molecule has 0 radical (unpaired) electrons. The molecule has 0 saturated carbocycles. The second-order valence-electron chi connectivity index (χ2n) is 4.98. The molecule has 2 rings (SSSR count). The fourth-order valence-corrected chi connectivity index (χ4v) is 2.21. The molecule has 21 heavy (non-hydrogen) atoms. The predicted molar refractivity (Wildman–Crippen MR) is 77.6 cm³/mol. The third-order valence-corrected chi connectivity index (χ3v) is 3.28. The Labute approximate surface area is 121 Å². The normalized spacial score (nSPS) is 11.5. The zero-order chi connectivity index (χ0) is 15.8. The van der Waals surface area contributed by atoms with E-state index >= 15 is 0 Å². The molecule has 0 aliphatic heterocycles. The zero-order valence-electron chi connectivity index (χ0n) is 12.0. The molecule has 0 saturated heterocycles. The van der Waals surface area contributed by atoms with Crippen molar-refractivity contribution in [1.82, 2.24) is 4.98 Å². The summed E-state index contributed by atoms with van der Waals surface area (Å²) in [5, 5.41) is 0. The summed E-state index contributed by atoms with van der Waals surface area (Å²) >= 11 is 0.